The first kappa shape index (κ1) is 11.6. The molecule has 4 heteroatoms. The molecule has 0 atom stereocenters. The molecule has 0 bridgehead atoms. The Morgan fingerprint density at radius 1 is 1.18 bits per heavy atom. The molecule has 0 aliphatic rings. The second kappa shape index (κ2) is 5.48. The zero-order valence-electron chi connectivity index (χ0n) is 10.3. The predicted molar refractivity (Wildman–Crippen MR) is 66.0 cm³/mol. The molecule has 90 valence electrons. The molecule has 0 fully saturated rings. The summed E-state index contributed by atoms with van der Waals surface area (Å²) in [5.74, 6) is 0.927. The minimum atomic E-state index is 0.707. The zero-order chi connectivity index (χ0) is 12.1. The van der Waals surface area contributed by atoms with Gasteiger partial charge in [0.15, 0.2) is 0 Å². The number of benzene rings is 1. The molecule has 0 spiro atoms. The average molecular weight is 231 g/mol. The molecule has 0 saturated carbocycles. The van der Waals surface area contributed by atoms with Crippen LogP contribution in [0.1, 0.15) is 18.2 Å². The molecule has 0 radical (unpaired) electrons. The lowest BCUT2D eigenvalue weighted by Gasteiger charge is -2.04. The molecule has 0 unspecified atom stereocenters. The lowest BCUT2D eigenvalue weighted by atomic mass is 10.1. The molecule has 2 aromatic rings. The summed E-state index contributed by atoms with van der Waals surface area (Å²) in [6, 6.07) is 8.22. The van der Waals surface area contributed by atoms with Crippen molar-refractivity contribution in [2.45, 2.75) is 19.8 Å². The van der Waals surface area contributed by atoms with Gasteiger partial charge >= 0.3 is 0 Å². The van der Waals surface area contributed by atoms with E-state index in [1.807, 2.05) is 32.3 Å². The standard InChI is InChI=1S/C13H17N3O/c1-3-17-13-8-5-11(6-9-13)4-7-12-10-16(2)15-14-12/h5-6,8-10H,3-4,7H2,1-2H3. The van der Waals surface area contributed by atoms with Crippen LogP contribution in [-0.4, -0.2) is 21.6 Å². The highest BCUT2D eigenvalue weighted by Crippen LogP contribution is 2.13. The Hall–Kier alpha value is -1.84. The largest absolute Gasteiger partial charge is 0.494 e. The Balaban J connectivity index is 1.90. The fraction of sp³-hybridized carbons (Fsp3) is 0.385. The minimum Gasteiger partial charge on any atom is -0.494 e. The van der Waals surface area contributed by atoms with Gasteiger partial charge in [0.2, 0.25) is 0 Å². The van der Waals surface area contributed by atoms with Crippen LogP contribution in [0.15, 0.2) is 30.5 Å². The van der Waals surface area contributed by atoms with Crippen LogP contribution in [0, 0.1) is 0 Å². The third-order valence-electron chi connectivity index (χ3n) is 2.55. The monoisotopic (exact) mass is 231 g/mol. The van der Waals surface area contributed by atoms with E-state index in [4.69, 9.17) is 4.74 Å². The summed E-state index contributed by atoms with van der Waals surface area (Å²) >= 11 is 0. The molecule has 0 saturated heterocycles. The van der Waals surface area contributed by atoms with Crippen LogP contribution in [0.4, 0.5) is 0 Å². The van der Waals surface area contributed by atoms with Crippen molar-refractivity contribution < 1.29 is 4.74 Å². The summed E-state index contributed by atoms with van der Waals surface area (Å²) in [6.45, 7) is 2.70. The van der Waals surface area contributed by atoms with Crippen molar-refractivity contribution in [2.24, 2.45) is 7.05 Å². The van der Waals surface area contributed by atoms with Crippen molar-refractivity contribution >= 4 is 0 Å². The number of aryl methyl sites for hydroxylation is 3. The van der Waals surface area contributed by atoms with Crippen molar-refractivity contribution in [1.29, 1.82) is 0 Å². The molecule has 1 aromatic carbocycles. The van der Waals surface area contributed by atoms with Gasteiger partial charge in [0, 0.05) is 13.2 Å². The van der Waals surface area contributed by atoms with E-state index >= 15 is 0 Å². The lowest BCUT2D eigenvalue weighted by Crippen LogP contribution is -1.94. The summed E-state index contributed by atoms with van der Waals surface area (Å²) in [6.07, 6.45) is 3.85. The molecule has 1 heterocycles. The van der Waals surface area contributed by atoms with E-state index < -0.39 is 0 Å². The molecule has 0 N–H and O–H groups in total. The Morgan fingerprint density at radius 3 is 2.53 bits per heavy atom. The maximum absolute atomic E-state index is 5.40. The Kier molecular flexibility index (Phi) is 3.75. The number of hydrogen-bond donors (Lipinski definition) is 0. The maximum atomic E-state index is 5.40. The van der Waals surface area contributed by atoms with Gasteiger partial charge in [-0.3, -0.25) is 4.68 Å². The number of hydrogen-bond acceptors (Lipinski definition) is 3. The van der Waals surface area contributed by atoms with E-state index in [0.29, 0.717) is 6.61 Å². The van der Waals surface area contributed by atoms with Gasteiger partial charge in [-0.25, -0.2) is 0 Å². The molecule has 0 aliphatic heterocycles. The van der Waals surface area contributed by atoms with Gasteiger partial charge in [-0.1, -0.05) is 17.3 Å². The zero-order valence-corrected chi connectivity index (χ0v) is 10.3. The van der Waals surface area contributed by atoms with E-state index in [9.17, 15) is 0 Å². The number of aromatic nitrogens is 3. The highest BCUT2D eigenvalue weighted by Gasteiger charge is 2.00. The van der Waals surface area contributed by atoms with E-state index in [1.165, 1.54) is 5.56 Å². The normalized spacial score (nSPS) is 10.5. The topological polar surface area (TPSA) is 39.9 Å². The SMILES string of the molecule is CCOc1ccc(CCc2cn(C)nn2)cc1. The third kappa shape index (κ3) is 3.31. The van der Waals surface area contributed by atoms with Crippen molar-refractivity contribution in [3.8, 4) is 5.75 Å². The van der Waals surface area contributed by atoms with Crippen LogP contribution < -0.4 is 4.74 Å². The second-order valence-electron chi connectivity index (χ2n) is 3.96. The Bertz CT molecular complexity index is 462. The smallest absolute Gasteiger partial charge is 0.119 e. The van der Waals surface area contributed by atoms with Crippen LogP contribution in [0.3, 0.4) is 0 Å². The van der Waals surface area contributed by atoms with Gasteiger partial charge in [0.05, 0.1) is 12.3 Å². The molecular weight excluding hydrogens is 214 g/mol. The minimum absolute atomic E-state index is 0.707. The maximum Gasteiger partial charge on any atom is 0.119 e. The van der Waals surface area contributed by atoms with Gasteiger partial charge in [0.25, 0.3) is 0 Å². The fourth-order valence-corrected chi connectivity index (χ4v) is 1.70. The first-order valence-corrected chi connectivity index (χ1v) is 5.85. The summed E-state index contributed by atoms with van der Waals surface area (Å²) in [5, 5.41) is 7.98. The van der Waals surface area contributed by atoms with Gasteiger partial charge in [-0.2, -0.15) is 0 Å². The second-order valence-corrected chi connectivity index (χ2v) is 3.96. The summed E-state index contributed by atoms with van der Waals surface area (Å²) in [5.41, 5.74) is 2.32. The summed E-state index contributed by atoms with van der Waals surface area (Å²) in [4.78, 5) is 0. The highest BCUT2D eigenvalue weighted by molar-refractivity contribution is 5.27. The van der Waals surface area contributed by atoms with Crippen LogP contribution in [0.25, 0.3) is 0 Å². The van der Waals surface area contributed by atoms with Crippen LogP contribution in [0.5, 0.6) is 5.75 Å². The molecule has 17 heavy (non-hydrogen) atoms. The molecule has 0 amide bonds. The van der Waals surface area contributed by atoms with Crippen molar-refractivity contribution in [3.05, 3.63) is 41.7 Å². The number of rotatable bonds is 5. The predicted octanol–water partition coefficient (Wildman–Crippen LogP) is 2.00. The first-order chi connectivity index (χ1) is 8.28. The quantitative estimate of drug-likeness (QED) is 0.790. The van der Waals surface area contributed by atoms with Crippen LogP contribution in [-0.2, 0) is 19.9 Å². The molecular formula is C13H17N3O. The highest BCUT2D eigenvalue weighted by atomic mass is 16.5. The van der Waals surface area contributed by atoms with Gasteiger partial charge in [-0.05, 0) is 37.5 Å². The van der Waals surface area contributed by atoms with Crippen LogP contribution in [0.2, 0.25) is 0 Å². The van der Waals surface area contributed by atoms with E-state index in [-0.39, 0.29) is 0 Å². The van der Waals surface area contributed by atoms with Crippen molar-refractivity contribution in [2.75, 3.05) is 6.61 Å². The van der Waals surface area contributed by atoms with Gasteiger partial charge in [0.1, 0.15) is 5.75 Å². The van der Waals surface area contributed by atoms with Crippen LogP contribution >= 0.6 is 0 Å². The Morgan fingerprint density at radius 2 is 1.94 bits per heavy atom. The number of nitrogens with zero attached hydrogens (tertiary/aromatic N) is 3. The van der Waals surface area contributed by atoms with E-state index in [2.05, 4.69) is 22.4 Å². The van der Waals surface area contributed by atoms with Gasteiger partial charge in [-0.15, -0.1) is 5.10 Å². The number of ether oxygens (including phenoxy) is 1. The van der Waals surface area contributed by atoms with Crippen molar-refractivity contribution in [3.63, 3.8) is 0 Å². The lowest BCUT2D eigenvalue weighted by molar-refractivity contribution is 0.340. The average Bonchev–Trinajstić information content (AvgIpc) is 2.75. The molecule has 0 aliphatic carbocycles. The summed E-state index contributed by atoms with van der Waals surface area (Å²) < 4.78 is 7.13. The molecule has 2 rings (SSSR count). The fourth-order valence-electron chi connectivity index (χ4n) is 1.70. The van der Waals surface area contributed by atoms with E-state index in [0.717, 1.165) is 24.3 Å². The first-order valence-electron chi connectivity index (χ1n) is 5.85. The van der Waals surface area contributed by atoms with E-state index in [1.54, 1.807) is 4.68 Å². The Labute approximate surface area is 101 Å². The summed E-state index contributed by atoms with van der Waals surface area (Å²) in [7, 11) is 1.88. The van der Waals surface area contributed by atoms with Gasteiger partial charge < -0.3 is 4.74 Å². The third-order valence-corrected chi connectivity index (χ3v) is 2.55. The molecule has 1 aromatic heterocycles. The molecule has 4 nitrogen and oxygen atoms in total. The van der Waals surface area contributed by atoms with Crippen molar-refractivity contribution in [1.82, 2.24) is 15.0 Å².